The van der Waals surface area contributed by atoms with Gasteiger partial charge in [-0.05, 0) is 55.2 Å². The molecule has 0 atom stereocenters. The van der Waals surface area contributed by atoms with Crippen molar-refractivity contribution in [2.45, 2.75) is 24.7 Å². The van der Waals surface area contributed by atoms with E-state index in [-0.39, 0.29) is 10.8 Å². The van der Waals surface area contributed by atoms with Crippen LogP contribution in [-0.2, 0) is 10.0 Å². The molecule has 4 heterocycles. The van der Waals surface area contributed by atoms with E-state index in [9.17, 15) is 13.2 Å². The molecule has 10 heteroatoms. The van der Waals surface area contributed by atoms with Crippen molar-refractivity contribution in [2.75, 3.05) is 44.2 Å². The standard InChI is InChI=1S/C23H27N5O3S2/c1-17-8-11-28(12-9-17)33(30,31)19-6-4-18(5-7-19)22(29)26-13-15-27(16-14-26)23-25-20-3-2-10-24-21(20)32-23/h2-7,10,17H,8-9,11-16H2,1H3. The monoisotopic (exact) mass is 485 g/mol. The van der Waals surface area contributed by atoms with Gasteiger partial charge in [0.2, 0.25) is 10.0 Å². The maximum absolute atomic E-state index is 13.0. The summed E-state index contributed by atoms with van der Waals surface area (Å²) in [5, 5.41) is 0.928. The number of nitrogens with zero attached hydrogens (tertiary/aromatic N) is 5. The maximum atomic E-state index is 13.0. The second kappa shape index (κ2) is 9.00. The topological polar surface area (TPSA) is 86.7 Å². The number of hydrogen-bond donors (Lipinski definition) is 0. The van der Waals surface area contributed by atoms with E-state index in [1.165, 1.54) is 0 Å². The average molecular weight is 486 g/mol. The van der Waals surface area contributed by atoms with Crippen molar-refractivity contribution in [3.63, 3.8) is 0 Å². The third-order valence-electron chi connectivity index (χ3n) is 6.47. The molecule has 2 aliphatic rings. The Labute approximate surface area is 197 Å². The van der Waals surface area contributed by atoms with Crippen molar-refractivity contribution in [1.82, 2.24) is 19.2 Å². The number of amides is 1. The lowest BCUT2D eigenvalue weighted by atomic mass is 10.0. The Hall–Kier alpha value is -2.56. The average Bonchev–Trinajstić information content (AvgIpc) is 3.28. The van der Waals surface area contributed by atoms with Crippen molar-refractivity contribution in [2.24, 2.45) is 5.92 Å². The molecule has 174 valence electrons. The van der Waals surface area contributed by atoms with Crippen molar-refractivity contribution < 1.29 is 13.2 Å². The van der Waals surface area contributed by atoms with Crippen molar-refractivity contribution in [3.05, 3.63) is 48.2 Å². The second-order valence-electron chi connectivity index (χ2n) is 8.71. The summed E-state index contributed by atoms with van der Waals surface area (Å²) in [4.78, 5) is 27.2. The van der Waals surface area contributed by atoms with Gasteiger partial charge in [0.1, 0.15) is 10.3 Å². The quantitative estimate of drug-likeness (QED) is 0.565. The number of carbonyl (C=O) groups is 1. The van der Waals surface area contributed by atoms with Gasteiger partial charge in [-0.3, -0.25) is 4.79 Å². The minimum atomic E-state index is -3.51. The lowest BCUT2D eigenvalue weighted by molar-refractivity contribution is 0.0746. The predicted molar refractivity (Wildman–Crippen MR) is 129 cm³/mol. The van der Waals surface area contributed by atoms with Gasteiger partial charge in [0.15, 0.2) is 5.13 Å². The summed E-state index contributed by atoms with van der Waals surface area (Å²) in [6, 6.07) is 10.2. The molecule has 33 heavy (non-hydrogen) atoms. The molecule has 0 spiro atoms. The van der Waals surface area contributed by atoms with E-state index in [0.29, 0.717) is 50.7 Å². The molecule has 0 N–H and O–H groups in total. The van der Waals surface area contributed by atoms with Gasteiger partial charge in [0, 0.05) is 51.0 Å². The summed E-state index contributed by atoms with van der Waals surface area (Å²) in [5.74, 6) is 0.486. The van der Waals surface area contributed by atoms with E-state index in [2.05, 4.69) is 21.8 Å². The van der Waals surface area contributed by atoms with Crippen LogP contribution < -0.4 is 4.90 Å². The first-order valence-corrected chi connectivity index (χ1v) is 13.5. The van der Waals surface area contributed by atoms with Crippen LogP contribution in [-0.4, -0.2) is 72.8 Å². The highest BCUT2D eigenvalue weighted by molar-refractivity contribution is 7.89. The van der Waals surface area contributed by atoms with Crippen LogP contribution in [0.3, 0.4) is 0 Å². The first-order chi connectivity index (χ1) is 15.9. The van der Waals surface area contributed by atoms with E-state index >= 15 is 0 Å². The van der Waals surface area contributed by atoms with Crippen LogP contribution in [0.2, 0.25) is 0 Å². The fraction of sp³-hybridized carbons (Fsp3) is 0.435. The highest BCUT2D eigenvalue weighted by atomic mass is 32.2. The van der Waals surface area contributed by atoms with E-state index in [0.717, 1.165) is 28.3 Å². The Bertz CT molecular complexity index is 1210. The fourth-order valence-corrected chi connectivity index (χ4v) is 6.75. The summed E-state index contributed by atoms with van der Waals surface area (Å²) in [5.41, 5.74) is 1.41. The molecule has 1 amide bonds. The molecule has 2 aromatic heterocycles. The molecular weight excluding hydrogens is 458 g/mol. The second-order valence-corrected chi connectivity index (χ2v) is 11.6. The third-order valence-corrected chi connectivity index (χ3v) is 9.43. The number of rotatable bonds is 4. The van der Waals surface area contributed by atoms with Crippen LogP contribution in [0.25, 0.3) is 10.3 Å². The smallest absolute Gasteiger partial charge is 0.253 e. The Kier molecular flexibility index (Phi) is 6.07. The van der Waals surface area contributed by atoms with Crippen LogP contribution in [0.15, 0.2) is 47.5 Å². The van der Waals surface area contributed by atoms with E-state index in [1.54, 1.807) is 46.1 Å². The lowest BCUT2D eigenvalue weighted by Gasteiger charge is -2.34. The summed E-state index contributed by atoms with van der Waals surface area (Å²) in [6.07, 6.45) is 3.54. The number of aromatic nitrogens is 2. The zero-order valence-electron chi connectivity index (χ0n) is 18.6. The van der Waals surface area contributed by atoms with Gasteiger partial charge in [-0.25, -0.2) is 18.4 Å². The van der Waals surface area contributed by atoms with Crippen LogP contribution in [0.4, 0.5) is 5.13 Å². The SMILES string of the molecule is CC1CCN(S(=O)(=O)c2ccc(C(=O)N3CCN(c4nc5cccnc5s4)CC3)cc2)CC1. The number of hydrogen-bond acceptors (Lipinski definition) is 7. The molecule has 0 saturated carbocycles. The number of piperidine rings is 1. The minimum Gasteiger partial charge on any atom is -0.344 e. The maximum Gasteiger partial charge on any atom is 0.253 e. The largest absolute Gasteiger partial charge is 0.344 e. The normalized spacial score (nSPS) is 18.7. The van der Waals surface area contributed by atoms with Crippen LogP contribution in [0.5, 0.6) is 0 Å². The van der Waals surface area contributed by atoms with Crippen molar-refractivity contribution >= 4 is 42.7 Å². The molecule has 3 aromatic rings. The summed E-state index contributed by atoms with van der Waals surface area (Å²) >= 11 is 1.56. The van der Waals surface area contributed by atoms with E-state index < -0.39 is 10.0 Å². The zero-order chi connectivity index (χ0) is 23.0. The first kappa shape index (κ1) is 22.2. The number of thiazole rings is 1. The highest BCUT2D eigenvalue weighted by Crippen LogP contribution is 2.28. The molecule has 1 aromatic carbocycles. The van der Waals surface area contributed by atoms with Crippen LogP contribution >= 0.6 is 11.3 Å². The van der Waals surface area contributed by atoms with Gasteiger partial charge in [-0.1, -0.05) is 18.3 Å². The number of carbonyl (C=O) groups excluding carboxylic acids is 1. The molecular formula is C23H27N5O3S2. The summed E-state index contributed by atoms with van der Waals surface area (Å²) in [6.45, 7) is 5.85. The first-order valence-electron chi connectivity index (χ1n) is 11.3. The van der Waals surface area contributed by atoms with Gasteiger partial charge < -0.3 is 9.80 Å². The number of piperazine rings is 1. The van der Waals surface area contributed by atoms with Gasteiger partial charge in [-0.15, -0.1) is 0 Å². The lowest BCUT2D eigenvalue weighted by Crippen LogP contribution is -2.48. The number of pyridine rings is 1. The number of benzene rings is 1. The molecule has 0 bridgehead atoms. The molecule has 0 aliphatic carbocycles. The van der Waals surface area contributed by atoms with E-state index in [1.807, 2.05) is 17.0 Å². The van der Waals surface area contributed by atoms with Gasteiger partial charge in [0.05, 0.1) is 4.90 Å². The third kappa shape index (κ3) is 4.47. The Morgan fingerprint density at radius 2 is 1.70 bits per heavy atom. The molecule has 5 rings (SSSR count). The molecule has 2 aliphatic heterocycles. The Balaban J connectivity index is 1.22. The minimum absolute atomic E-state index is 0.0728. The van der Waals surface area contributed by atoms with E-state index in [4.69, 9.17) is 0 Å². The van der Waals surface area contributed by atoms with Gasteiger partial charge in [0.25, 0.3) is 5.91 Å². The zero-order valence-corrected chi connectivity index (χ0v) is 20.2. The predicted octanol–water partition coefficient (Wildman–Crippen LogP) is 3.07. The number of fused-ring (bicyclic) bond motifs is 1. The van der Waals surface area contributed by atoms with Crippen molar-refractivity contribution in [1.29, 1.82) is 0 Å². The Morgan fingerprint density at radius 1 is 1.00 bits per heavy atom. The van der Waals surface area contributed by atoms with Gasteiger partial charge in [-0.2, -0.15) is 4.31 Å². The molecule has 2 fully saturated rings. The van der Waals surface area contributed by atoms with Gasteiger partial charge >= 0.3 is 0 Å². The molecule has 8 nitrogen and oxygen atoms in total. The number of anilines is 1. The number of sulfonamides is 1. The highest BCUT2D eigenvalue weighted by Gasteiger charge is 2.29. The van der Waals surface area contributed by atoms with Crippen LogP contribution in [0, 0.1) is 5.92 Å². The van der Waals surface area contributed by atoms with Crippen molar-refractivity contribution in [3.8, 4) is 0 Å². The van der Waals surface area contributed by atoms with Crippen LogP contribution in [0.1, 0.15) is 30.1 Å². The molecule has 0 radical (unpaired) electrons. The Morgan fingerprint density at radius 3 is 2.36 bits per heavy atom. The fourth-order valence-electron chi connectivity index (χ4n) is 4.32. The summed E-state index contributed by atoms with van der Waals surface area (Å²) in [7, 11) is -3.51. The molecule has 2 saturated heterocycles. The molecule has 0 unspecified atom stereocenters. The summed E-state index contributed by atoms with van der Waals surface area (Å²) < 4.78 is 27.4.